The van der Waals surface area contributed by atoms with Crippen LogP contribution in [-0.4, -0.2) is 34.6 Å². The Kier molecular flexibility index (Phi) is 4.90. The summed E-state index contributed by atoms with van der Waals surface area (Å²) in [6, 6.07) is 4.11. The van der Waals surface area contributed by atoms with Crippen LogP contribution < -0.4 is 10.0 Å². The van der Waals surface area contributed by atoms with E-state index in [4.69, 9.17) is 0 Å². The maximum atomic E-state index is 11.7. The van der Waals surface area contributed by atoms with Gasteiger partial charge in [-0.25, -0.2) is 17.9 Å². The Hall–Kier alpha value is -1.60. The summed E-state index contributed by atoms with van der Waals surface area (Å²) in [5.74, 6) is -0.415. The SMILES string of the molecule is CNS(=O)(=O)c1ccc(C)c(NC(C)C(=O)OC)c1. The van der Waals surface area contributed by atoms with Gasteiger partial charge in [0.1, 0.15) is 6.04 Å². The van der Waals surface area contributed by atoms with Gasteiger partial charge in [-0.3, -0.25) is 0 Å². The van der Waals surface area contributed by atoms with E-state index in [1.54, 1.807) is 13.0 Å². The first kappa shape index (κ1) is 15.5. The fourth-order valence-corrected chi connectivity index (χ4v) is 2.27. The molecule has 1 unspecified atom stereocenters. The van der Waals surface area contributed by atoms with Gasteiger partial charge in [-0.05, 0) is 38.6 Å². The molecule has 0 amide bonds. The van der Waals surface area contributed by atoms with Crippen LogP contribution in [0.4, 0.5) is 5.69 Å². The zero-order valence-corrected chi connectivity index (χ0v) is 12.2. The van der Waals surface area contributed by atoms with Crippen molar-refractivity contribution in [3.8, 4) is 0 Å². The van der Waals surface area contributed by atoms with Gasteiger partial charge in [0.05, 0.1) is 12.0 Å². The van der Waals surface area contributed by atoms with Crippen molar-refractivity contribution in [2.24, 2.45) is 0 Å². The second-order valence-corrected chi connectivity index (χ2v) is 5.96. The summed E-state index contributed by atoms with van der Waals surface area (Å²) < 4.78 is 30.3. The Morgan fingerprint density at radius 3 is 2.53 bits per heavy atom. The lowest BCUT2D eigenvalue weighted by atomic mass is 10.2. The largest absolute Gasteiger partial charge is 0.467 e. The number of sulfonamides is 1. The molecule has 0 spiro atoms. The first-order valence-corrected chi connectivity index (χ1v) is 7.18. The molecule has 1 aromatic carbocycles. The molecule has 2 N–H and O–H groups in total. The molecule has 0 radical (unpaired) electrons. The van der Waals surface area contributed by atoms with Crippen molar-refractivity contribution in [2.75, 3.05) is 19.5 Å². The summed E-state index contributed by atoms with van der Waals surface area (Å²) in [5.41, 5.74) is 1.42. The van der Waals surface area contributed by atoms with Crippen LogP contribution in [0.2, 0.25) is 0 Å². The number of aryl methyl sites for hydroxylation is 1. The van der Waals surface area contributed by atoms with Crippen LogP contribution in [0.25, 0.3) is 0 Å². The van der Waals surface area contributed by atoms with Crippen molar-refractivity contribution in [3.05, 3.63) is 23.8 Å². The molecule has 1 atom stereocenters. The molecular weight excluding hydrogens is 268 g/mol. The number of hydrogen-bond acceptors (Lipinski definition) is 5. The van der Waals surface area contributed by atoms with Gasteiger partial charge in [0.15, 0.2) is 0 Å². The van der Waals surface area contributed by atoms with Gasteiger partial charge < -0.3 is 10.1 Å². The van der Waals surface area contributed by atoms with Crippen LogP contribution in [0, 0.1) is 6.92 Å². The number of nitrogens with one attached hydrogen (secondary N) is 2. The molecule has 1 rings (SSSR count). The summed E-state index contributed by atoms with van der Waals surface area (Å²) >= 11 is 0. The highest BCUT2D eigenvalue weighted by molar-refractivity contribution is 7.89. The first-order valence-electron chi connectivity index (χ1n) is 5.70. The minimum Gasteiger partial charge on any atom is -0.467 e. The maximum absolute atomic E-state index is 11.7. The summed E-state index contributed by atoms with van der Waals surface area (Å²) in [5, 5.41) is 2.93. The predicted molar refractivity (Wildman–Crippen MR) is 72.5 cm³/mol. The molecule has 0 saturated heterocycles. The Balaban J connectivity index is 3.08. The number of anilines is 1. The van der Waals surface area contributed by atoms with Gasteiger partial charge in [-0.1, -0.05) is 6.07 Å². The normalized spacial score (nSPS) is 12.8. The fraction of sp³-hybridized carbons (Fsp3) is 0.417. The molecule has 0 aliphatic heterocycles. The Bertz CT molecular complexity index is 569. The molecule has 19 heavy (non-hydrogen) atoms. The van der Waals surface area contributed by atoms with Crippen LogP contribution in [0.5, 0.6) is 0 Å². The Labute approximate surface area is 113 Å². The molecule has 0 bridgehead atoms. The Morgan fingerprint density at radius 1 is 1.37 bits per heavy atom. The van der Waals surface area contributed by atoms with Crippen molar-refractivity contribution in [3.63, 3.8) is 0 Å². The molecule has 0 heterocycles. The number of ether oxygens (including phenoxy) is 1. The third kappa shape index (κ3) is 3.68. The smallest absolute Gasteiger partial charge is 0.327 e. The number of carbonyl (C=O) groups excluding carboxylic acids is 1. The zero-order chi connectivity index (χ0) is 14.6. The molecular formula is C12H18N2O4S. The van der Waals surface area contributed by atoms with Gasteiger partial charge in [0.2, 0.25) is 10.0 Å². The Morgan fingerprint density at radius 2 is 2.00 bits per heavy atom. The number of esters is 1. The lowest BCUT2D eigenvalue weighted by Crippen LogP contribution is -2.27. The van der Waals surface area contributed by atoms with E-state index >= 15 is 0 Å². The van der Waals surface area contributed by atoms with Gasteiger partial charge in [0.25, 0.3) is 0 Å². The maximum Gasteiger partial charge on any atom is 0.327 e. The van der Waals surface area contributed by atoms with Crippen molar-refractivity contribution in [2.45, 2.75) is 24.8 Å². The monoisotopic (exact) mass is 286 g/mol. The van der Waals surface area contributed by atoms with E-state index in [1.165, 1.54) is 26.3 Å². The highest BCUT2D eigenvalue weighted by atomic mass is 32.2. The standard InChI is InChI=1S/C12H18N2O4S/c1-8-5-6-10(19(16,17)13-3)7-11(8)14-9(2)12(15)18-4/h5-7,9,13-14H,1-4H3. The van der Waals surface area contributed by atoms with E-state index in [1.807, 2.05) is 6.92 Å². The summed E-state index contributed by atoms with van der Waals surface area (Å²) in [6.45, 7) is 3.46. The molecule has 0 aromatic heterocycles. The molecule has 7 heteroatoms. The van der Waals surface area contributed by atoms with Gasteiger partial charge in [-0.15, -0.1) is 0 Å². The van der Waals surface area contributed by atoms with E-state index in [0.717, 1.165) is 5.56 Å². The van der Waals surface area contributed by atoms with Crippen molar-refractivity contribution < 1.29 is 17.9 Å². The third-order valence-corrected chi connectivity index (χ3v) is 4.13. The fourth-order valence-electron chi connectivity index (χ4n) is 1.51. The average molecular weight is 286 g/mol. The van der Waals surface area contributed by atoms with E-state index in [2.05, 4.69) is 14.8 Å². The molecule has 106 valence electrons. The minimum absolute atomic E-state index is 0.139. The predicted octanol–water partition coefficient (Wildman–Crippen LogP) is 0.877. The summed E-state index contributed by atoms with van der Waals surface area (Å²) in [4.78, 5) is 11.5. The van der Waals surface area contributed by atoms with Crippen LogP contribution in [0.3, 0.4) is 0 Å². The van der Waals surface area contributed by atoms with Crippen LogP contribution >= 0.6 is 0 Å². The molecule has 0 fully saturated rings. The van der Waals surface area contributed by atoms with Crippen molar-refractivity contribution in [1.82, 2.24) is 4.72 Å². The van der Waals surface area contributed by atoms with Gasteiger partial charge in [-0.2, -0.15) is 0 Å². The van der Waals surface area contributed by atoms with E-state index in [-0.39, 0.29) is 4.90 Å². The number of rotatable bonds is 5. The van der Waals surface area contributed by atoms with Crippen molar-refractivity contribution in [1.29, 1.82) is 0 Å². The summed E-state index contributed by atoms with van der Waals surface area (Å²) in [6.07, 6.45) is 0. The van der Waals surface area contributed by atoms with Gasteiger partial charge >= 0.3 is 5.97 Å². The average Bonchev–Trinajstić information content (AvgIpc) is 2.39. The number of carbonyl (C=O) groups is 1. The number of hydrogen-bond donors (Lipinski definition) is 2. The third-order valence-electron chi connectivity index (χ3n) is 2.71. The molecule has 6 nitrogen and oxygen atoms in total. The highest BCUT2D eigenvalue weighted by Gasteiger charge is 2.16. The van der Waals surface area contributed by atoms with E-state index in [9.17, 15) is 13.2 Å². The minimum atomic E-state index is -3.51. The summed E-state index contributed by atoms with van der Waals surface area (Å²) in [7, 11) is -0.858. The van der Waals surface area contributed by atoms with Crippen molar-refractivity contribution >= 4 is 21.7 Å². The molecule has 0 aliphatic carbocycles. The first-order chi connectivity index (χ1) is 8.81. The lowest BCUT2D eigenvalue weighted by Gasteiger charge is -2.16. The lowest BCUT2D eigenvalue weighted by molar-refractivity contribution is -0.141. The zero-order valence-electron chi connectivity index (χ0n) is 11.4. The van der Waals surface area contributed by atoms with E-state index in [0.29, 0.717) is 5.69 Å². The highest BCUT2D eigenvalue weighted by Crippen LogP contribution is 2.20. The number of benzene rings is 1. The quantitative estimate of drug-likeness (QED) is 0.785. The molecule has 0 saturated carbocycles. The van der Waals surface area contributed by atoms with Crippen LogP contribution in [0.1, 0.15) is 12.5 Å². The van der Waals surface area contributed by atoms with Gasteiger partial charge in [0, 0.05) is 5.69 Å². The molecule has 1 aromatic rings. The van der Waals surface area contributed by atoms with Crippen LogP contribution in [0.15, 0.2) is 23.1 Å². The topological polar surface area (TPSA) is 84.5 Å². The second kappa shape index (κ2) is 6.03. The van der Waals surface area contributed by atoms with Crippen LogP contribution in [-0.2, 0) is 19.6 Å². The number of methoxy groups -OCH3 is 1. The van der Waals surface area contributed by atoms with E-state index < -0.39 is 22.0 Å². The second-order valence-electron chi connectivity index (χ2n) is 4.07. The molecule has 0 aliphatic rings.